The number of hydrogen-bond acceptors (Lipinski definition) is 5. The van der Waals surface area contributed by atoms with Crippen molar-refractivity contribution in [3.05, 3.63) is 63.7 Å². The third kappa shape index (κ3) is 3.97. The highest BCUT2D eigenvalue weighted by molar-refractivity contribution is 6.06. The maximum Gasteiger partial charge on any atom is 0.293 e. The minimum absolute atomic E-state index is 0.156. The van der Waals surface area contributed by atoms with Gasteiger partial charge in [-0.3, -0.25) is 19.7 Å². The lowest BCUT2D eigenvalue weighted by molar-refractivity contribution is -0.384. The average Bonchev–Trinajstić information content (AvgIpc) is 3.45. The molecule has 0 heterocycles. The van der Waals surface area contributed by atoms with Gasteiger partial charge >= 0.3 is 0 Å². The van der Waals surface area contributed by atoms with Crippen molar-refractivity contribution in [2.75, 3.05) is 17.7 Å². The van der Waals surface area contributed by atoms with Crippen LogP contribution in [-0.2, 0) is 0 Å². The molecule has 8 heteroatoms. The zero-order valence-corrected chi connectivity index (χ0v) is 14.1. The molecule has 0 aromatic heterocycles. The summed E-state index contributed by atoms with van der Waals surface area (Å²) in [6.07, 6.45) is 1.98. The van der Waals surface area contributed by atoms with Gasteiger partial charge in [-0.25, -0.2) is 0 Å². The maximum absolute atomic E-state index is 12.4. The fourth-order valence-corrected chi connectivity index (χ4v) is 2.47. The normalized spacial score (nSPS) is 13.0. The van der Waals surface area contributed by atoms with Crippen LogP contribution in [-0.4, -0.2) is 29.8 Å². The minimum atomic E-state index is -0.550. The first-order valence-electron chi connectivity index (χ1n) is 8.16. The van der Waals surface area contributed by atoms with Crippen LogP contribution in [0, 0.1) is 10.1 Å². The number of hydrogen-bond donors (Lipinski definition) is 3. The topological polar surface area (TPSA) is 113 Å². The Balaban J connectivity index is 1.76. The van der Waals surface area contributed by atoms with Crippen LogP contribution in [0.15, 0.2) is 42.5 Å². The highest BCUT2D eigenvalue weighted by Crippen LogP contribution is 2.25. The van der Waals surface area contributed by atoms with Crippen LogP contribution < -0.4 is 16.0 Å². The SMILES string of the molecule is CNc1ccc(C(=O)Nc2cccc(C(=O)NC3CC3)c2)cc1[N+](=O)[O-]. The molecule has 8 nitrogen and oxygen atoms in total. The van der Waals surface area contributed by atoms with Gasteiger partial charge in [0.25, 0.3) is 17.5 Å². The molecule has 1 saturated carbocycles. The molecule has 0 atom stereocenters. The number of nitrogens with zero attached hydrogens (tertiary/aromatic N) is 1. The van der Waals surface area contributed by atoms with Gasteiger partial charge in [-0.15, -0.1) is 0 Å². The molecule has 26 heavy (non-hydrogen) atoms. The van der Waals surface area contributed by atoms with E-state index in [1.807, 2.05) is 0 Å². The van der Waals surface area contributed by atoms with Crippen molar-refractivity contribution in [1.82, 2.24) is 5.32 Å². The summed E-state index contributed by atoms with van der Waals surface area (Å²) in [5.74, 6) is -0.673. The molecular formula is C18H18N4O4. The summed E-state index contributed by atoms with van der Waals surface area (Å²) in [7, 11) is 1.57. The van der Waals surface area contributed by atoms with Crippen LogP contribution >= 0.6 is 0 Å². The van der Waals surface area contributed by atoms with Gasteiger partial charge in [0.1, 0.15) is 5.69 Å². The van der Waals surface area contributed by atoms with Gasteiger partial charge in [0.15, 0.2) is 0 Å². The Bertz CT molecular complexity index is 877. The molecule has 0 saturated heterocycles. The fraction of sp³-hybridized carbons (Fsp3) is 0.222. The number of carbonyl (C=O) groups excluding carboxylic acids is 2. The molecule has 1 aliphatic carbocycles. The minimum Gasteiger partial charge on any atom is -0.383 e. The highest BCUT2D eigenvalue weighted by Gasteiger charge is 2.24. The molecule has 2 amide bonds. The van der Waals surface area contributed by atoms with E-state index in [0.717, 1.165) is 12.8 Å². The van der Waals surface area contributed by atoms with Gasteiger partial charge in [0, 0.05) is 36.0 Å². The van der Waals surface area contributed by atoms with Crippen molar-refractivity contribution in [3.63, 3.8) is 0 Å². The average molecular weight is 354 g/mol. The number of rotatable bonds is 6. The predicted octanol–water partition coefficient (Wildman–Crippen LogP) is 2.78. The Morgan fingerprint density at radius 2 is 1.81 bits per heavy atom. The molecule has 2 aromatic rings. The third-order valence-electron chi connectivity index (χ3n) is 4.02. The third-order valence-corrected chi connectivity index (χ3v) is 4.02. The molecule has 3 N–H and O–H groups in total. The first kappa shape index (κ1) is 17.4. The lowest BCUT2D eigenvalue weighted by atomic mass is 10.1. The molecular weight excluding hydrogens is 336 g/mol. The van der Waals surface area contributed by atoms with Gasteiger partial charge in [0.2, 0.25) is 0 Å². The number of nitro benzene ring substituents is 1. The number of anilines is 2. The van der Waals surface area contributed by atoms with Crippen molar-refractivity contribution < 1.29 is 14.5 Å². The second-order valence-electron chi connectivity index (χ2n) is 6.02. The molecule has 3 rings (SSSR count). The number of nitrogens with one attached hydrogen (secondary N) is 3. The molecule has 0 unspecified atom stereocenters. The first-order chi connectivity index (χ1) is 12.5. The molecule has 0 bridgehead atoms. The van der Waals surface area contributed by atoms with Crippen LogP contribution in [0.25, 0.3) is 0 Å². The standard InChI is InChI=1S/C18H18N4O4/c1-19-15-8-5-12(10-16(15)22(25)26)18(24)21-14-4-2-3-11(9-14)17(23)20-13-6-7-13/h2-5,8-10,13,19H,6-7H2,1H3,(H,20,23)(H,21,24). The fourth-order valence-electron chi connectivity index (χ4n) is 2.47. The largest absolute Gasteiger partial charge is 0.383 e. The molecule has 2 aromatic carbocycles. The molecule has 0 spiro atoms. The Morgan fingerprint density at radius 1 is 1.08 bits per heavy atom. The number of amides is 2. The van der Waals surface area contributed by atoms with Gasteiger partial charge in [-0.05, 0) is 43.2 Å². The lowest BCUT2D eigenvalue weighted by Crippen LogP contribution is -2.25. The van der Waals surface area contributed by atoms with E-state index in [4.69, 9.17) is 0 Å². The van der Waals surface area contributed by atoms with E-state index in [1.54, 1.807) is 31.3 Å². The van der Waals surface area contributed by atoms with E-state index in [9.17, 15) is 19.7 Å². The predicted molar refractivity (Wildman–Crippen MR) is 97.5 cm³/mol. The van der Waals surface area contributed by atoms with E-state index < -0.39 is 10.8 Å². The molecule has 0 aliphatic heterocycles. The molecule has 1 fully saturated rings. The van der Waals surface area contributed by atoms with E-state index in [0.29, 0.717) is 16.9 Å². The second-order valence-corrected chi connectivity index (χ2v) is 6.02. The van der Waals surface area contributed by atoms with Gasteiger partial charge in [0.05, 0.1) is 4.92 Å². The molecule has 134 valence electrons. The quantitative estimate of drug-likeness (QED) is 0.545. The zero-order chi connectivity index (χ0) is 18.7. The molecule has 0 radical (unpaired) electrons. The summed E-state index contributed by atoms with van der Waals surface area (Å²) >= 11 is 0. The Labute approximate surface area is 149 Å². The van der Waals surface area contributed by atoms with Crippen LogP contribution in [0.1, 0.15) is 33.6 Å². The first-order valence-corrected chi connectivity index (χ1v) is 8.16. The smallest absolute Gasteiger partial charge is 0.293 e. The summed E-state index contributed by atoms with van der Waals surface area (Å²) in [6, 6.07) is 11.0. The number of nitro groups is 1. The number of benzene rings is 2. The van der Waals surface area contributed by atoms with Crippen molar-refractivity contribution in [2.24, 2.45) is 0 Å². The Hall–Kier alpha value is -3.42. The van der Waals surface area contributed by atoms with Crippen LogP contribution in [0.2, 0.25) is 0 Å². The summed E-state index contributed by atoms with van der Waals surface area (Å²) in [5, 5.41) is 19.4. The summed E-state index contributed by atoms with van der Waals surface area (Å²) in [5.41, 5.74) is 1.19. The van der Waals surface area contributed by atoms with Crippen LogP contribution in [0.4, 0.5) is 17.1 Å². The van der Waals surface area contributed by atoms with Gasteiger partial charge < -0.3 is 16.0 Å². The monoisotopic (exact) mass is 354 g/mol. The van der Waals surface area contributed by atoms with E-state index in [1.165, 1.54) is 18.2 Å². The van der Waals surface area contributed by atoms with Crippen molar-refractivity contribution in [2.45, 2.75) is 18.9 Å². The maximum atomic E-state index is 12.4. The van der Waals surface area contributed by atoms with E-state index >= 15 is 0 Å². The van der Waals surface area contributed by atoms with Gasteiger partial charge in [-0.2, -0.15) is 0 Å². The Morgan fingerprint density at radius 3 is 2.46 bits per heavy atom. The summed E-state index contributed by atoms with van der Waals surface area (Å²) < 4.78 is 0. The molecule has 1 aliphatic rings. The van der Waals surface area contributed by atoms with Crippen LogP contribution in [0.3, 0.4) is 0 Å². The summed E-state index contributed by atoms with van der Waals surface area (Å²) in [6.45, 7) is 0. The second kappa shape index (κ2) is 7.22. The van der Waals surface area contributed by atoms with E-state index in [-0.39, 0.29) is 23.2 Å². The van der Waals surface area contributed by atoms with Crippen molar-refractivity contribution in [3.8, 4) is 0 Å². The lowest BCUT2D eigenvalue weighted by Gasteiger charge is -2.09. The number of carbonyl (C=O) groups is 2. The highest BCUT2D eigenvalue weighted by atomic mass is 16.6. The Kier molecular flexibility index (Phi) is 4.83. The zero-order valence-electron chi connectivity index (χ0n) is 14.1. The van der Waals surface area contributed by atoms with E-state index in [2.05, 4.69) is 16.0 Å². The van der Waals surface area contributed by atoms with Gasteiger partial charge in [-0.1, -0.05) is 6.07 Å². The summed E-state index contributed by atoms with van der Waals surface area (Å²) in [4.78, 5) is 35.1. The van der Waals surface area contributed by atoms with Crippen LogP contribution in [0.5, 0.6) is 0 Å². The van der Waals surface area contributed by atoms with Crippen molar-refractivity contribution in [1.29, 1.82) is 0 Å². The van der Waals surface area contributed by atoms with Crippen molar-refractivity contribution >= 4 is 28.9 Å².